The van der Waals surface area contributed by atoms with E-state index in [1.165, 1.54) is 19.4 Å². The van der Waals surface area contributed by atoms with Crippen LogP contribution >= 0.6 is 0 Å². The van der Waals surface area contributed by atoms with E-state index in [1.807, 2.05) is 13.8 Å². The maximum atomic E-state index is 8.76. The van der Waals surface area contributed by atoms with Crippen LogP contribution in [0.5, 0.6) is 0 Å². The van der Waals surface area contributed by atoms with Gasteiger partial charge >= 0.3 is 0 Å². The second kappa shape index (κ2) is 7.10. The molecule has 0 amide bonds. The summed E-state index contributed by atoms with van der Waals surface area (Å²) in [5.41, 5.74) is 5.49. The second-order valence-electron chi connectivity index (χ2n) is 6.53. The van der Waals surface area contributed by atoms with Gasteiger partial charge in [0.2, 0.25) is 0 Å². The van der Waals surface area contributed by atoms with Gasteiger partial charge in [0, 0.05) is 18.0 Å². The van der Waals surface area contributed by atoms with E-state index >= 15 is 0 Å². The van der Waals surface area contributed by atoms with Gasteiger partial charge in [-0.1, -0.05) is 19.0 Å². The first-order valence-corrected chi connectivity index (χ1v) is 7.23. The van der Waals surface area contributed by atoms with Gasteiger partial charge in [-0.2, -0.15) is 0 Å². The van der Waals surface area contributed by atoms with Gasteiger partial charge in [0.1, 0.15) is 5.84 Å². The largest absolute Gasteiger partial charge is 0.409 e. The molecule has 3 N–H and O–H groups in total. The molecule has 1 heterocycles. The molecule has 1 fully saturated rings. The summed E-state index contributed by atoms with van der Waals surface area (Å²) >= 11 is 0. The van der Waals surface area contributed by atoms with Gasteiger partial charge in [-0.15, -0.1) is 0 Å². The van der Waals surface area contributed by atoms with Crippen molar-refractivity contribution in [1.29, 1.82) is 0 Å². The Morgan fingerprint density at radius 3 is 2.74 bits per heavy atom. The van der Waals surface area contributed by atoms with E-state index < -0.39 is 0 Å². The van der Waals surface area contributed by atoms with Gasteiger partial charge in [0.05, 0.1) is 0 Å². The van der Waals surface area contributed by atoms with Crippen molar-refractivity contribution in [2.24, 2.45) is 16.3 Å². The monoisotopic (exact) mass is 270 g/mol. The van der Waals surface area contributed by atoms with E-state index in [0.29, 0.717) is 11.9 Å². The van der Waals surface area contributed by atoms with E-state index in [4.69, 9.17) is 10.9 Å². The lowest BCUT2D eigenvalue weighted by Gasteiger charge is -2.36. The Balaban J connectivity index is 2.33. The smallest absolute Gasteiger partial charge is 0.144 e. The fraction of sp³-hybridized carbons (Fsp3) is 0.929. The highest BCUT2D eigenvalue weighted by Crippen LogP contribution is 2.23. The van der Waals surface area contributed by atoms with Crippen LogP contribution in [-0.2, 0) is 0 Å². The van der Waals surface area contributed by atoms with Crippen LogP contribution in [-0.4, -0.2) is 60.6 Å². The summed E-state index contributed by atoms with van der Waals surface area (Å²) in [4.78, 5) is 4.86. The van der Waals surface area contributed by atoms with Crippen molar-refractivity contribution in [3.05, 3.63) is 0 Å². The SMILES string of the molecule is CN(C)C1CCCN(CCCC(C)(C)C(N)=NO)C1. The molecule has 0 radical (unpaired) electrons. The number of hydrogen-bond donors (Lipinski definition) is 2. The number of likely N-dealkylation sites (tertiary alicyclic amines) is 1. The molecule has 1 saturated heterocycles. The summed E-state index contributed by atoms with van der Waals surface area (Å²) in [6.45, 7) is 7.53. The molecule has 0 aromatic heterocycles. The highest BCUT2D eigenvalue weighted by molar-refractivity contribution is 5.85. The van der Waals surface area contributed by atoms with E-state index in [9.17, 15) is 0 Å². The third-order valence-electron chi connectivity index (χ3n) is 4.29. The number of likely N-dealkylation sites (N-methyl/N-ethyl adjacent to an activating group) is 1. The normalized spacial score (nSPS) is 23.0. The third-order valence-corrected chi connectivity index (χ3v) is 4.29. The molecule has 0 spiro atoms. The Morgan fingerprint density at radius 2 is 2.16 bits per heavy atom. The van der Waals surface area contributed by atoms with Gasteiger partial charge in [0.25, 0.3) is 0 Å². The summed E-state index contributed by atoms with van der Waals surface area (Å²) in [5, 5.41) is 11.9. The number of rotatable bonds is 6. The molecule has 112 valence electrons. The molecular weight excluding hydrogens is 240 g/mol. The predicted molar refractivity (Wildman–Crippen MR) is 79.6 cm³/mol. The minimum Gasteiger partial charge on any atom is -0.409 e. The standard InChI is InChI=1S/C14H30N4O/c1-14(2,13(15)16-19)8-6-10-18-9-5-7-12(11-18)17(3)4/h12,19H,5-11H2,1-4H3,(H2,15,16). The summed E-state index contributed by atoms with van der Waals surface area (Å²) in [6.07, 6.45) is 4.63. The van der Waals surface area contributed by atoms with Crippen LogP contribution in [0.25, 0.3) is 0 Å². The molecule has 0 bridgehead atoms. The lowest BCUT2D eigenvalue weighted by atomic mass is 9.86. The van der Waals surface area contributed by atoms with Gasteiger partial charge < -0.3 is 20.7 Å². The number of nitrogens with two attached hydrogens (primary N) is 1. The van der Waals surface area contributed by atoms with E-state index in [1.54, 1.807) is 0 Å². The van der Waals surface area contributed by atoms with Crippen LogP contribution in [0.3, 0.4) is 0 Å². The third kappa shape index (κ3) is 4.99. The van der Waals surface area contributed by atoms with Crippen molar-refractivity contribution in [3.8, 4) is 0 Å². The Hall–Kier alpha value is -0.810. The quantitative estimate of drug-likeness (QED) is 0.333. The fourth-order valence-electron chi connectivity index (χ4n) is 2.66. The highest BCUT2D eigenvalue weighted by Gasteiger charge is 2.25. The summed E-state index contributed by atoms with van der Waals surface area (Å²) in [6, 6.07) is 0.686. The number of hydrogen-bond acceptors (Lipinski definition) is 4. The van der Waals surface area contributed by atoms with E-state index in [2.05, 4.69) is 29.1 Å². The van der Waals surface area contributed by atoms with Crippen LogP contribution in [0.1, 0.15) is 39.5 Å². The van der Waals surface area contributed by atoms with Crippen molar-refractivity contribution in [3.63, 3.8) is 0 Å². The molecule has 5 heteroatoms. The number of oxime groups is 1. The van der Waals surface area contributed by atoms with Crippen LogP contribution in [0.15, 0.2) is 5.16 Å². The molecule has 1 unspecified atom stereocenters. The van der Waals surface area contributed by atoms with Gasteiger partial charge in [-0.25, -0.2) is 0 Å². The average Bonchev–Trinajstić information content (AvgIpc) is 2.37. The number of piperidine rings is 1. The van der Waals surface area contributed by atoms with Gasteiger partial charge in [0.15, 0.2) is 0 Å². The topological polar surface area (TPSA) is 65.1 Å². The van der Waals surface area contributed by atoms with Crippen LogP contribution in [0.2, 0.25) is 0 Å². The number of amidine groups is 1. The summed E-state index contributed by atoms with van der Waals surface area (Å²) < 4.78 is 0. The van der Waals surface area contributed by atoms with Crippen LogP contribution in [0, 0.1) is 5.41 Å². The zero-order chi connectivity index (χ0) is 14.5. The van der Waals surface area contributed by atoms with Crippen molar-refractivity contribution in [2.75, 3.05) is 33.7 Å². The van der Waals surface area contributed by atoms with Crippen molar-refractivity contribution in [1.82, 2.24) is 9.80 Å². The summed E-state index contributed by atoms with van der Waals surface area (Å²) in [5.74, 6) is 0.331. The van der Waals surface area contributed by atoms with Crippen LogP contribution in [0.4, 0.5) is 0 Å². The first-order valence-electron chi connectivity index (χ1n) is 7.23. The lowest BCUT2D eigenvalue weighted by Crippen LogP contribution is -2.45. The Labute approximate surface area is 117 Å². The lowest BCUT2D eigenvalue weighted by molar-refractivity contribution is 0.129. The molecular formula is C14H30N4O. The zero-order valence-electron chi connectivity index (χ0n) is 12.9. The molecule has 1 atom stereocenters. The second-order valence-corrected chi connectivity index (χ2v) is 6.53. The molecule has 19 heavy (non-hydrogen) atoms. The molecule has 0 aromatic carbocycles. The molecule has 0 aliphatic carbocycles. The van der Waals surface area contributed by atoms with E-state index in [-0.39, 0.29) is 5.41 Å². The Morgan fingerprint density at radius 1 is 1.47 bits per heavy atom. The Bertz CT molecular complexity index is 302. The van der Waals surface area contributed by atoms with E-state index in [0.717, 1.165) is 25.9 Å². The first kappa shape index (κ1) is 16.2. The number of nitrogens with zero attached hydrogens (tertiary/aromatic N) is 3. The summed E-state index contributed by atoms with van der Waals surface area (Å²) in [7, 11) is 4.32. The van der Waals surface area contributed by atoms with Gasteiger partial charge in [-0.3, -0.25) is 0 Å². The minimum absolute atomic E-state index is 0.217. The van der Waals surface area contributed by atoms with Crippen molar-refractivity contribution in [2.45, 2.75) is 45.6 Å². The van der Waals surface area contributed by atoms with Crippen molar-refractivity contribution < 1.29 is 5.21 Å². The minimum atomic E-state index is -0.217. The molecule has 1 aliphatic rings. The molecule has 5 nitrogen and oxygen atoms in total. The predicted octanol–water partition coefficient (Wildman–Crippen LogP) is 1.57. The fourth-order valence-corrected chi connectivity index (χ4v) is 2.66. The molecule has 1 rings (SSSR count). The average molecular weight is 270 g/mol. The zero-order valence-corrected chi connectivity index (χ0v) is 12.9. The van der Waals surface area contributed by atoms with Crippen LogP contribution < -0.4 is 5.73 Å². The Kier molecular flexibility index (Phi) is 6.07. The molecule has 0 aromatic rings. The first-order chi connectivity index (χ1) is 8.86. The maximum Gasteiger partial charge on any atom is 0.144 e. The molecule has 0 saturated carbocycles. The van der Waals surface area contributed by atoms with Gasteiger partial charge in [-0.05, 0) is 52.9 Å². The maximum absolute atomic E-state index is 8.76. The van der Waals surface area contributed by atoms with Crippen molar-refractivity contribution >= 4 is 5.84 Å². The molecule has 1 aliphatic heterocycles. The highest BCUT2D eigenvalue weighted by atomic mass is 16.4.